The number of benzene rings is 1. The predicted molar refractivity (Wildman–Crippen MR) is 177 cm³/mol. The van der Waals surface area contributed by atoms with Crippen molar-refractivity contribution in [1.29, 1.82) is 0 Å². The number of H-pyrrole nitrogens is 2. The molecule has 0 spiro atoms. The molecule has 0 unspecified atom stereocenters. The summed E-state index contributed by atoms with van der Waals surface area (Å²) in [5.41, 5.74) is 4.16. The van der Waals surface area contributed by atoms with Crippen LogP contribution in [0.3, 0.4) is 0 Å². The van der Waals surface area contributed by atoms with Crippen molar-refractivity contribution < 1.29 is 14.4 Å². The number of carbonyl (C=O) groups excluding carboxylic acids is 3. The van der Waals surface area contributed by atoms with E-state index in [9.17, 15) is 28.8 Å². The van der Waals surface area contributed by atoms with Gasteiger partial charge < -0.3 is 40.2 Å². The Kier molecular flexibility index (Phi) is 8.65. The predicted octanol–water partition coefficient (Wildman–Crippen LogP) is -0.919. The Balaban J connectivity index is 1.32. The van der Waals surface area contributed by atoms with Crippen LogP contribution in [0.5, 0.6) is 0 Å². The molecule has 5 N–H and O–H groups in total. The summed E-state index contributed by atoms with van der Waals surface area (Å²) in [6.07, 6.45) is 0. The van der Waals surface area contributed by atoms with Crippen LogP contribution in [0.4, 0.5) is 23.0 Å². The number of piperazine rings is 2. The summed E-state index contributed by atoms with van der Waals surface area (Å²) in [6.45, 7) is 5.62. The van der Waals surface area contributed by atoms with Gasteiger partial charge in [0, 0.05) is 75.7 Å². The zero-order valence-electron chi connectivity index (χ0n) is 26.2. The van der Waals surface area contributed by atoms with Crippen molar-refractivity contribution in [3.05, 3.63) is 71.9 Å². The normalized spacial score (nSPS) is 15.2. The molecule has 0 aliphatic carbocycles. The molecule has 2 aliphatic heterocycles. The standard InChI is InChI=1S/C29H33ClN12O6/c1-16-23(38-9-11-39(12-10-38)25(46)22-21(31)24(45)34-28(48)33-22)26(47)42-29(35-27(36-42)40-13-7-37(8-14-40)17(2)43)41(16)15-20(44)32-19-5-3-18(30)4-6-19/h3-6H,7-15,31H2,1-2H3,(H,32,44)(H2,33,34,45,48). The Morgan fingerprint density at radius 1 is 0.917 bits per heavy atom. The molecule has 0 saturated carbocycles. The monoisotopic (exact) mass is 680 g/mol. The number of carbonyl (C=O) groups is 3. The first kappa shape index (κ1) is 32.3. The van der Waals surface area contributed by atoms with Crippen LogP contribution in [0.2, 0.25) is 5.02 Å². The second-order valence-electron chi connectivity index (χ2n) is 11.5. The highest BCUT2D eigenvalue weighted by atomic mass is 35.5. The molecule has 19 heteroatoms. The Morgan fingerprint density at radius 3 is 2.19 bits per heavy atom. The molecule has 252 valence electrons. The fourth-order valence-electron chi connectivity index (χ4n) is 5.88. The number of rotatable bonds is 6. The molecule has 1 aromatic carbocycles. The Hall–Kier alpha value is -5.65. The number of nitrogens with zero attached hydrogens (tertiary/aromatic N) is 8. The third kappa shape index (κ3) is 6.20. The fraction of sp³-hybridized carbons (Fsp3) is 0.379. The van der Waals surface area contributed by atoms with Crippen molar-refractivity contribution in [1.82, 2.24) is 38.9 Å². The quantitative estimate of drug-likeness (QED) is 0.195. The number of amides is 3. The van der Waals surface area contributed by atoms with Crippen molar-refractivity contribution in [3.8, 4) is 0 Å². The molecule has 48 heavy (non-hydrogen) atoms. The maximum atomic E-state index is 14.0. The summed E-state index contributed by atoms with van der Waals surface area (Å²) >= 11 is 5.99. The van der Waals surface area contributed by atoms with Crippen LogP contribution in [0, 0.1) is 6.92 Å². The summed E-state index contributed by atoms with van der Waals surface area (Å²) in [5.74, 6) is -0.571. The molecule has 5 heterocycles. The summed E-state index contributed by atoms with van der Waals surface area (Å²) < 4.78 is 2.79. The first-order chi connectivity index (χ1) is 22.9. The lowest BCUT2D eigenvalue weighted by Gasteiger charge is -2.36. The van der Waals surface area contributed by atoms with Crippen LogP contribution in [0.25, 0.3) is 5.78 Å². The lowest BCUT2D eigenvalue weighted by Crippen LogP contribution is -2.51. The van der Waals surface area contributed by atoms with Gasteiger partial charge in [-0.25, -0.2) is 4.79 Å². The minimum absolute atomic E-state index is 0.0276. The van der Waals surface area contributed by atoms with E-state index in [0.717, 1.165) is 0 Å². The molecule has 3 amide bonds. The third-order valence-electron chi connectivity index (χ3n) is 8.48. The number of aromatic nitrogens is 6. The highest BCUT2D eigenvalue weighted by Gasteiger charge is 2.30. The highest BCUT2D eigenvalue weighted by molar-refractivity contribution is 6.30. The topological polar surface area (TPSA) is 220 Å². The van der Waals surface area contributed by atoms with E-state index in [1.54, 1.807) is 45.6 Å². The Bertz CT molecular complexity index is 2090. The zero-order chi connectivity index (χ0) is 34.3. The van der Waals surface area contributed by atoms with Gasteiger partial charge in [0.1, 0.15) is 23.6 Å². The molecule has 2 fully saturated rings. The summed E-state index contributed by atoms with van der Waals surface area (Å²) in [7, 11) is 0. The molecule has 2 saturated heterocycles. The molecular weight excluding hydrogens is 648 g/mol. The van der Waals surface area contributed by atoms with Crippen molar-refractivity contribution >= 4 is 58.1 Å². The van der Waals surface area contributed by atoms with E-state index in [1.807, 2.05) is 9.88 Å². The van der Waals surface area contributed by atoms with Gasteiger partial charge in [-0.15, -0.1) is 5.10 Å². The summed E-state index contributed by atoms with van der Waals surface area (Å²) in [4.78, 5) is 91.9. The number of fused-ring (bicyclic) bond motifs is 1. The molecule has 0 bridgehead atoms. The van der Waals surface area contributed by atoms with Gasteiger partial charge in [-0.3, -0.25) is 29.0 Å². The van der Waals surface area contributed by atoms with Crippen LogP contribution in [-0.4, -0.2) is 109 Å². The van der Waals surface area contributed by atoms with Gasteiger partial charge in [0.25, 0.3) is 17.0 Å². The smallest absolute Gasteiger partial charge is 0.326 e. The molecule has 3 aromatic heterocycles. The summed E-state index contributed by atoms with van der Waals surface area (Å²) in [5, 5.41) is 7.91. The van der Waals surface area contributed by atoms with Crippen LogP contribution < -0.4 is 37.7 Å². The van der Waals surface area contributed by atoms with Crippen molar-refractivity contribution in [2.75, 3.05) is 73.2 Å². The zero-order valence-corrected chi connectivity index (χ0v) is 26.9. The van der Waals surface area contributed by atoms with Crippen molar-refractivity contribution in [3.63, 3.8) is 0 Å². The average Bonchev–Trinajstić information content (AvgIpc) is 3.52. The lowest BCUT2D eigenvalue weighted by molar-refractivity contribution is -0.129. The van der Waals surface area contributed by atoms with Gasteiger partial charge in [0.15, 0.2) is 0 Å². The second kappa shape index (κ2) is 12.9. The van der Waals surface area contributed by atoms with Crippen LogP contribution in [-0.2, 0) is 16.1 Å². The largest absolute Gasteiger partial charge is 0.392 e. The van der Waals surface area contributed by atoms with E-state index >= 15 is 0 Å². The van der Waals surface area contributed by atoms with Crippen LogP contribution in [0.15, 0.2) is 38.6 Å². The first-order valence-corrected chi connectivity index (χ1v) is 15.5. The van der Waals surface area contributed by atoms with Gasteiger partial charge in [-0.1, -0.05) is 11.6 Å². The number of nitrogen functional groups attached to an aromatic ring is 1. The maximum absolute atomic E-state index is 14.0. The van der Waals surface area contributed by atoms with Gasteiger partial charge in [0.05, 0.1) is 0 Å². The Morgan fingerprint density at radius 2 is 1.54 bits per heavy atom. The molecule has 0 atom stereocenters. The second-order valence-corrected chi connectivity index (χ2v) is 11.9. The maximum Gasteiger partial charge on any atom is 0.326 e. The average molecular weight is 681 g/mol. The van der Waals surface area contributed by atoms with E-state index < -0.39 is 28.4 Å². The van der Waals surface area contributed by atoms with Gasteiger partial charge in [-0.2, -0.15) is 9.50 Å². The van der Waals surface area contributed by atoms with Gasteiger partial charge >= 0.3 is 5.69 Å². The van der Waals surface area contributed by atoms with Crippen LogP contribution >= 0.6 is 11.6 Å². The Labute approximate surface area is 276 Å². The number of hydrogen-bond acceptors (Lipinski definition) is 11. The minimum atomic E-state index is -0.863. The van der Waals surface area contributed by atoms with Gasteiger partial charge in [-0.05, 0) is 31.2 Å². The van der Waals surface area contributed by atoms with Crippen molar-refractivity contribution in [2.24, 2.45) is 0 Å². The van der Waals surface area contributed by atoms with E-state index in [1.165, 1.54) is 16.3 Å². The number of anilines is 4. The lowest BCUT2D eigenvalue weighted by atomic mass is 10.2. The van der Waals surface area contributed by atoms with E-state index in [-0.39, 0.29) is 61.7 Å². The SMILES string of the molecule is CC(=O)N1CCN(c2nc3n(CC(=O)Nc4ccc(Cl)cc4)c(C)c(N4CCN(C(=O)c5[nH]c(=O)[nH]c(=O)c5N)CC4)c(=O)n3n2)CC1. The van der Waals surface area contributed by atoms with Crippen molar-refractivity contribution in [2.45, 2.75) is 20.4 Å². The molecule has 6 rings (SSSR count). The highest BCUT2D eigenvalue weighted by Crippen LogP contribution is 2.23. The molecule has 4 aromatic rings. The van der Waals surface area contributed by atoms with Gasteiger partial charge in [0.2, 0.25) is 23.5 Å². The third-order valence-corrected chi connectivity index (χ3v) is 8.73. The van der Waals surface area contributed by atoms with E-state index in [4.69, 9.17) is 17.3 Å². The number of nitrogens with one attached hydrogen (secondary N) is 3. The summed E-state index contributed by atoms with van der Waals surface area (Å²) in [6, 6.07) is 6.65. The first-order valence-electron chi connectivity index (χ1n) is 15.1. The molecule has 18 nitrogen and oxygen atoms in total. The fourth-order valence-corrected chi connectivity index (χ4v) is 6.01. The van der Waals surface area contributed by atoms with Crippen LogP contribution in [0.1, 0.15) is 23.1 Å². The molecular formula is C29H33ClN12O6. The van der Waals surface area contributed by atoms with E-state index in [0.29, 0.717) is 48.5 Å². The number of halogens is 1. The number of hydrogen-bond donors (Lipinski definition) is 4. The number of aromatic amines is 2. The van der Waals surface area contributed by atoms with E-state index in [2.05, 4.69) is 20.4 Å². The number of nitrogens with two attached hydrogens (primary N) is 1. The molecule has 0 radical (unpaired) electrons. The minimum Gasteiger partial charge on any atom is -0.392 e. The molecule has 2 aliphatic rings.